The van der Waals surface area contributed by atoms with Gasteiger partial charge < -0.3 is 5.11 Å². The van der Waals surface area contributed by atoms with Crippen LogP contribution in [0.4, 0.5) is 4.39 Å². The van der Waals surface area contributed by atoms with Crippen LogP contribution in [-0.2, 0) is 16.0 Å². The molecule has 0 aliphatic rings. The zero-order valence-electron chi connectivity index (χ0n) is 13.3. The highest BCUT2D eigenvalue weighted by Crippen LogP contribution is 2.17. The number of hydrogen-bond donors (Lipinski definition) is 3. The third-order valence-electron chi connectivity index (χ3n) is 3.57. The van der Waals surface area contributed by atoms with Crippen molar-refractivity contribution in [1.29, 1.82) is 0 Å². The zero-order valence-corrected chi connectivity index (χ0v) is 13.3. The third-order valence-corrected chi connectivity index (χ3v) is 3.57. The molecule has 0 aromatic heterocycles. The SMILES string of the molecule is Cc1ccccc1CC(=O)NNC(=O)CC(O)c1cccc(F)c1. The van der Waals surface area contributed by atoms with Gasteiger partial charge >= 0.3 is 0 Å². The van der Waals surface area contributed by atoms with Crippen LogP contribution in [0.3, 0.4) is 0 Å². The standard InChI is InChI=1S/C18H19FN2O3/c1-12-5-2-3-6-13(12)10-17(23)20-21-18(24)11-16(22)14-7-4-8-15(19)9-14/h2-9,16,22H,10-11H2,1H3,(H,20,23)(H,21,24). The number of halogens is 1. The number of hydrazine groups is 1. The number of rotatable bonds is 5. The molecule has 0 saturated carbocycles. The second kappa shape index (κ2) is 8.21. The van der Waals surface area contributed by atoms with E-state index in [1.54, 1.807) is 0 Å². The van der Waals surface area contributed by atoms with Gasteiger partial charge in [-0.25, -0.2) is 4.39 Å². The molecular formula is C18H19FN2O3. The van der Waals surface area contributed by atoms with Gasteiger partial charge in [0.05, 0.1) is 18.9 Å². The Bertz CT molecular complexity index is 734. The maximum Gasteiger partial charge on any atom is 0.242 e. The molecule has 0 saturated heterocycles. The fourth-order valence-electron chi connectivity index (χ4n) is 2.22. The summed E-state index contributed by atoms with van der Waals surface area (Å²) in [5.41, 5.74) is 6.70. The fraction of sp³-hybridized carbons (Fsp3) is 0.222. The number of carbonyl (C=O) groups excluding carboxylic acids is 2. The molecule has 0 radical (unpaired) electrons. The predicted octanol–water partition coefficient (Wildman–Crippen LogP) is 1.95. The van der Waals surface area contributed by atoms with Crippen molar-refractivity contribution in [1.82, 2.24) is 10.9 Å². The van der Waals surface area contributed by atoms with Gasteiger partial charge in [-0.3, -0.25) is 20.4 Å². The van der Waals surface area contributed by atoms with Gasteiger partial charge in [0, 0.05) is 0 Å². The van der Waals surface area contributed by atoms with E-state index in [0.29, 0.717) is 5.56 Å². The molecule has 6 heteroatoms. The Labute approximate surface area is 139 Å². The van der Waals surface area contributed by atoms with E-state index in [2.05, 4.69) is 10.9 Å². The Morgan fingerprint density at radius 2 is 1.79 bits per heavy atom. The van der Waals surface area contributed by atoms with Gasteiger partial charge in [-0.05, 0) is 35.7 Å². The number of amides is 2. The van der Waals surface area contributed by atoms with E-state index in [-0.39, 0.29) is 18.7 Å². The first-order valence-corrected chi connectivity index (χ1v) is 7.51. The van der Waals surface area contributed by atoms with Crippen LogP contribution in [0.2, 0.25) is 0 Å². The number of benzene rings is 2. The van der Waals surface area contributed by atoms with E-state index in [1.165, 1.54) is 18.2 Å². The van der Waals surface area contributed by atoms with Crippen LogP contribution in [0.25, 0.3) is 0 Å². The van der Waals surface area contributed by atoms with Crippen molar-refractivity contribution >= 4 is 11.8 Å². The van der Waals surface area contributed by atoms with E-state index in [0.717, 1.165) is 17.2 Å². The fourth-order valence-corrected chi connectivity index (χ4v) is 2.22. The average Bonchev–Trinajstić information content (AvgIpc) is 2.55. The molecule has 1 unspecified atom stereocenters. The third kappa shape index (κ3) is 5.17. The maximum absolute atomic E-state index is 13.1. The number of aliphatic hydroxyl groups is 1. The van der Waals surface area contributed by atoms with E-state index in [4.69, 9.17) is 0 Å². The lowest BCUT2D eigenvalue weighted by molar-refractivity contribution is -0.129. The molecule has 0 aliphatic heterocycles. The van der Waals surface area contributed by atoms with Gasteiger partial charge in [0.25, 0.3) is 0 Å². The molecule has 0 fully saturated rings. The summed E-state index contributed by atoms with van der Waals surface area (Å²) in [6.07, 6.45) is -1.29. The van der Waals surface area contributed by atoms with Crippen LogP contribution < -0.4 is 10.9 Å². The lowest BCUT2D eigenvalue weighted by Gasteiger charge is -2.12. The molecule has 0 bridgehead atoms. The highest BCUT2D eigenvalue weighted by atomic mass is 19.1. The molecule has 126 valence electrons. The minimum absolute atomic E-state index is 0.138. The minimum atomic E-state index is -1.14. The first-order chi connectivity index (χ1) is 11.5. The van der Waals surface area contributed by atoms with E-state index in [9.17, 15) is 19.1 Å². The van der Waals surface area contributed by atoms with E-state index < -0.39 is 17.8 Å². The summed E-state index contributed by atoms with van der Waals surface area (Å²) in [4.78, 5) is 23.6. The molecule has 2 rings (SSSR count). The first kappa shape index (κ1) is 17.6. The highest BCUT2D eigenvalue weighted by Gasteiger charge is 2.14. The first-order valence-electron chi connectivity index (χ1n) is 7.51. The average molecular weight is 330 g/mol. The van der Waals surface area contributed by atoms with Crippen LogP contribution in [-0.4, -0.2) is 16.9 Å². The largest absolute Gasteiger partial charge is 0.388 e. The molecule has 2 aromatic carbocycles. The van der Waals surface area contributed by atoms with Gasteiger partial charge in [0.15, 0.2) is 0 Å². The molecule has 0 heterocycles. The summed E-state index contributed by atoms with van der Waals surface area (Å²) >= 11 is 0. The summed E-state index contributed by atoms with van der Waals surface area (Å²) in [7, 11) is 0. The van der Waals surface area contributed by atoms with E-state index in [1.807, 2.05) is 31.2 Å². The number of aliphatic hydroxyl groups excluding tert-OH is 1. The van der Waals surface area contributed by atoms with Crippen molar-refractivity contribution in [2.24, 2.45) is 0 Å². The van der Waals surface area contributed by atoms with Crippen molar-refractivity contribution in [2.75, 3.05) is 0 Å². The second-order valence-corrected chi connectivity index (χ2v) is 5.47. The summed E-state index contributed by atoms with van der Waals surface area (Å²) in [5, 5.41) is 9.91. The molecule has 2 aromatic rings. The lowest BCUT2D eigenvalue weighted by atomic mass is 10.1. The highest BCUT2D eigenvalue weighted by molar-refractivity contribution is 5.83. The van der Waals surface area contributed by atoms with Gasteiger partial charge in [0.1, 0.15) is 5.82 Å². The van der Waals surface area contributed by atoms with Crippen LogP contribution in [0.5, 0.6) is 0 Å². The van der Waals surface area contributed by atoms with Crippen molar-refractivity contribution in [2.45, 2.75) is 25.9 Å². The molecule has 5 nitrogen and oxygen atoms in total. The molecule has 24 heavy (non-hydrogen) atoms. The number of carbonyl (C=O) groups is 2. The Balaban J connectivity index is 1.80. The van der Waals surface area contributed by atoms with E-state index >= 15 is 0 Å². The number of hydrogen-bond acceptors (Lipinski definition) is 3. The van der Waals surface area contributed by atoms with Gasteiger partial charge in [-0.1, -0.05) is 36.4 Å². The molecule has 0 aliphatic carbocycles. The zero-order chi connectivity index (χ0) is 17.5. The molecular weight excluding hydrogens is 311 g/mol. The van der Waals surface area contributed by atoms with Crippen molar-refractivity contribution < 1.29 is 19.1 Å². The minimum Gasteiger partial charge on any atom is -0.388 e. The second-order valence-electron chi connectivity index (χ2n) is 5.47. The Kier molecular flexibility index (Phi) is 6.03. The molecule has 3 N–H and O–H groups in total. The predicted molar refractivity (Wildman–Crippen MR) is 87.1 cm³/mol. The topological polar surface area (TPSA) is 78.4 Å². The lowest BCUT2D eigenvalue weighted by Crippen LogP contribution is -2.42. The number of aryl methyl sites for hydroxylation is 1. The molecule has 2 amide bonds. The molecule has 1 atom stereocenters. The Morgan fingerprint density at radius 1 is 1.08 bits per heavy atom. The molecule has 0 spiro atoms. The van der Waals surface area contributed by atoms with Crippen LogP contribution in [0.1, 0.15) is 29.2 Å². The number of nitrogens with one attached hydrogen (secondary N) is 2. The summed E-state index contributed by atoms with van der Waals surface area (Å²) in [6.45, 7) is 1.90. The van der Waals surface area contributed by atoms with Gasteiger partial charge in [-0.2, -0.15) is 0 Å². The Morgan fingerprint density at radius 3 is 2.50 bits per heavy atom. The monoisotopic (exact) mass is 330 g/mol. The van der Waals surface area contributed by atoms with Crippen LogP contribution in [0.15, 0.2) is 48.5 Å². The summed E-state index contributed by atoms with van der Waals surface area (Å²) in [5.74, 6) is -1.42. The summed E-state index contributed by atoms with van der Waals surface area (Å²) in [6, 6.07) is 12.8. The van der Waals surface area contributed by atoms with Crippen LogP contribution >= 0.6 is 0 Å². The van der Waals surface area contributed by atoms with Gasteiger partial charge in [-0.15, -0.1) is 0 Å². The van der Waals surface area contributed by atoms with Crippen molar-refractivity contribution in [3.05, 3.63) is 71.0 Å². The quantitative estimate of drug-likeness (QED) is 0.733. The Hall–Kier alpha value is -2.73. The normalized spacial score (nSPS) is 11.6. The van der Waals surface area contributed by atoms with Gasteiger partial charge in [0.2, 0.25) is 11.8 Å². The smallest absolute Gasteiger partial charge is 0.242 e. The maximum atomic E-state index is 13.1. The van der Waals surface area contributed by atoms with Crippen molar-refractivity contribution in [3.8, 4) is 0 Å². The van der Waals surface area contributed by atoms with Crippen molar-refractivity contribution in [3.63, 3.8) is 0 Å². The summed E-state index contributed by atoms with van der Waals surface area (Å²) < 4.78 is 13.1. The van der Waals surface area contributed by atoms with Crippen LogP contribution in [0, 0.1) is 12.7 Å².